The molecule has 5 nitrogen and oxygen atoms in total. The van der Waals surface area contributed by atoms with E-state index in [1.807, 2.05) is 13.0 Å². The molecule has 1 unspecified atom stereocenters. The molecule has 2 N–H and O–H groups in total. The van der Waals surface area contributed by atoms with Gasteiger partial charge in [-0.05, 0) is 24.8 Å². The van der Waals surface area contributed by atoms with Gasteiger partial charge in [-0.2, -0.15) is 4.98 Å². The zero-order valence-corrected chi connectivity index (χ0v) is 9.72. The molecule has 0 aromatic carbocycles. The zero-order chi connectivity index (χ0) is 11.8. The number of nitrogens with two attached hydrogens (primary N) is 1. The van der Waals surface area contributed by atoms with Crippen LogP contribution in [0.4, 0.5) is 0 Å². The number of nitrogens with zero attached hydrogens (tertiary/aromatic N) is 2. The van der Waals surface area contributed by atoms with E-state index in [4.69, 9.17) is 14.7 Å². The van der Waals surface area contributed by atoms with Crippen molar-refractivity contribution in [3.8, 4) is 11.5 Å². The van der Waals surface area contributed by atoms with Crippen LogP contribution in [0.15, 0.2) is 21.3 Å². The van der Waals surface area contributed by atoms with Crippen molar-refractivity contribution in [3.63, 3.8) is 0 Å². The Bertz CT molecular complexity index is 513. The monoisotopic (exact) mass is 233 g/mol. The van der Waals surface area contributed by atoms with E-state index >= 15 is 0 Å². The molecule has 5 heteroatoms. The van der Waals surface area contributed by atoms with Crippen molar-refractivity contribution in [1.82, 2.24) is 10.1 Å². The van der Waals surface area contributed by atoms with Gasteiger partial charge in [0, 0.05) is 6.42 Å². The molecule has 1 saturated carbocycles. The van der Waals surface area contributed by atoms with Crippen LogP contribution in [0.5, 0.6) is 0 Å². The van der Waals surface area contributed by atoms with E-state index in [1.165, 1.54) is 0 Å². The van der Waals surface area contributed by atoms with Crippen LogP contribution in [0.1, 0.15) is 37.4 Å². The predicted molar refractivity (Wildman–Crippen MR) is 61.0 cm³/mol. The zero-order valence-electron chi connectivity index (χ0n) is 9.72. The first-order chi connectivity index (χ1) is 8.29. The molecule has 2 aromatic rings. The molecule has 1 atom stereocenters. The van der Waals surface area contributed by atoms with Crippen molar-refractivity contribution < 1.29 is 8.94 Å². The molecule has 90 valence electrons. The van der Waals surface area contributed by atoms with Gasteiger partial charge in [-0.15, -0.1) is 0 Å². The average molecular weight is 233 g/mol. The van der Waals surface area contributed by atoms with E-state index in [0.717, 1.165) is 30.6 Å². The van der Waals surface area contributed by atoms with Crippen molar-refractivity contribution in [2.75, 3.05) is 0 Å². The quantitative estimate of drug-likeness (QED) is 0.876. The highest BCUT2D eigenvalue weighted by atomic mass is 16.5. The highest BCUT2D eigenvalue weighted by Crippen LogP contribution is 2.38. The van der Waals surface area contributed by atoms with E-state index in [9.17, 15) is 0 Å². The Hall–Kier alpha value is -1.62. The van der Waals surface area contributed by atoms with Gasteiger partial charge in [0.1, 0.15) is 5.76 Å². The second-order valence-corrected chi connectivity index (χ2v) is 4.43. The molecule has 1 aliphatic rings. The first-order valence-corrected chi connectivity index (χ1v) is 5.95. The minimum absolute atomic E-state index is 0.0931. The predicted octanol–water partition coefficient (Wildman–Crippen LogP) is 2.30. The van der Waals surface area contributed by atoms with Crippen LogP contribution in [0.2, 0.25) is 0 Å². The Morgan fingerprint density at radius 1 is 1.53 bits per heavy atom. The van der Waals surface area contributed by atoms with Crippen LogP contribution < -0.4 is 5.73 Å². The van der Waals surface area contributed by atoms with Gasteiger partial charge in [0.05, 0.1) is 17.9 Å². The van der Waals surface area contributed by atoms with E-state index in [0.29, 0.717) is 17.6 Å². The highest BCUT2D eigenvalue weighted by Gasteiger charge is 2.32. The molecule has 2 aromatic heterocycles. The second kappa shape index (κ2) is 4.00. The Morgan fingerprint density at radius 2 is 2.35 bits per heavy atom. The molecule has 1 fully saturated rings. The van der Waals surface area contributed by atoms with Crippen LogP contribution in [0.25, 0.3) is 11.5 Å². The van der Waals surface area contributed by atoms with Crippen molar-refractivity contribution in [3.05, 3.63) is 23.9 Å². The highest BCUT2D eigenvalue weighted by molar-refractivity contribution is 5.55. The third-order valence-electron chi connectivity index (χ3n) is 3.17. The number of hydrogen-bond acceptors (Lipinski definition) is 5. The standard InChI is InChI=1S/C12H15N3O2/c1-2-9-8(5-6-16-9)12-14-11(15-17-12)10(13)7-3-4-7/h5-7,10H,2-4,13H2,1H3. The number of furan rings is 1. The lowest BCUT2D eigenvalue weighted by Crippen LogP contribution is -2.13. The molecule has 2 heterocycles. The number of aromatic nitrogens is 2. The van der Waals surface area contributed by atoms with Gasteiger partial charge in [-0.3, -0.25) is 0 Å². The summed E-state index contributed by atoms with van der Waals surface area (Å²) in [5.41, 5.74) is 6.90. The Labute approximate surface area is 99.0 Å². The first kappa shape index (κ1) is 10.5. The minimum atomic E-state index is -0.0931. The van der Waals surface area contributed by atoms with Gasteiger partial charge < -0.3 is 14.7 Å². The number of rotatable bonds is 4. The molecule has 0 bridgehead atoms. The summed E-state index contributed by atoms with van der Waals surface area (Å²) >= 11 is 0. The summed E-state index contributed by atoms with van der Waals surface area (Å²) in [7, 11) is 0. The van der Waals surface area contributed by atoms with Crippen molar-refractivity contribution in [2.45, 2.75) is 32.2 Å². The molecular weight excluding hydrogens is 218 g/mol. The summed E-state index contributed by atoms with van der Waals surface area (Å²) in [6, 6.07) is 1.75. The first-order valence-electron chi connectivity index (χ1n) is 5.95. The van der Waals surface area contributed by atoms with Gasteiger partial charge in [-0.25, -0.2) is 0 Å². The summed E-state index contributed by atoms with van der Waals surface area (Å²) in [5, 5.41) is 3.96. The summed E-state index contributed by atoms with van der Waals surface area (Å²) in [5.74, 6) is 2.49. The van der Waals surface area contributed by atoms with Crippen molar-refractivity contribution >= 4 is 0 Å². The lowest BCUT2D eigenvalue weighted by atomic mass is 10.2. The van der Waals surface area contributed by atoms with Gasteiger partial charge >= 0.3 is 0 Å². The Balaban J connectivity index is 1.89. The third-order valence-corrected chi connectivity index (χ3v) is 3.17. The number of hydrogen-bond donors (Lipinski definition) is 1. The van der Waals surface area contributed by atoms with Crippen LogP contribution in [0.3, 0.4) is 0 Å². The van der Waals surface area contributed by atoms with Gasteiger partial charge in [0.25, 0.3) is 5.89 Å². The van der Waals surface area contributed by atoms with Crippen LogP contribution >= 0.6 is 0 Å². The fraction of sp³-hybridized carbons (Fsp3) is 0.500. The molecule has 0 spiro atoms. The van der Waals surface area contributed by atoms with Crippen LogP contribution in [-0.2, 0) is 6.42 Å². The normalized spacial score (nSPS) is 17.3. The lowest BCUT2D eigenvalue weighted by molar-refractivity contribution is 0.410. The Morgan fingerprint density at radius 3 is 3.06 bits per heavy atom. The molecule has 3 rings (SSSR count). The molecule has 0 aliphatic heterocycles. The maximum Gasteiger partial charge on any atom is 0.261 e. The van der Waals surface area contributed by atoms with Crippen molar-refractivity contribution in [1.29, 1.82) is 0 Å². The van der Waals surface area contributed by atoms with Gasteiger partial charge in [0.15, 0.2) is 5.82 Å². The van der Waals surface area contributed by atoms with E-state index < -0.39 is 0 Å². The third kappa shape index (κ3) is 1.86. The topological polar surface area (TPSA) is 78.1 Å². The molecule has 17 heavy (non-hydrogen) atoms. The van der Waals surface area contributed by atoms with Crippen LogP contribution in [-0.4, -0.2) is 10.1 Å². The molecule has 0 radical (unpaired) electrons. The second-order valence-electron chi connectivity index (χ2n) is 4.43. The lowest BCUT2D eigenvalue weighted by Gasteiger charge is -2.01. The summed E-state index contributed by atoms with van der Waals surface area (Å²) in [6.07, 6.45) is 4.77. The van der Waals surface area contributed by atoms with Gasteiger partial charge in [0.2, 0.25) is 0 Å². The minimum Gasteiger partial charge on any atom is -0.469 e. The molecule has 0 saturated heterocycles. The maximum atomic E-state index is 6.03. The fourth-order valence-corrected chi connectivity index (χ4v) is 1.95. The molecule has 1 aliphatic carbocycles. The molecule has 0 amide bonds. The summed E-state index contributed by atoms with van der Waals surface area (Å²) < 4.78 is 10.6. The number of aryl methyl sites for hydroxylation is 1. The van der Waals surface area contributed by atoms with E-state index in [-0.39, 0.29) is 6.04 Å². The van der Waals surface area contributed by atoms with E-state index in [2.05, 4.69) is 10.1 Å². The van der Waals surface area contributed by atoms with Crippen LogP contribution in [0, 0.1) is 5.92 Å². The molecular formula is C12H15N3O2. The average Bonchev–Trinajstić information content (AvgIpc) is 2.91. The fourth-order valence-electron chi connectivity index (χ4n) is 1.95. The largest absolute Gasteiger partial charge is 0.469 e. The summed E-state index contributed by atoms with van der Waals surface area (Å²) in [6.45, 7) is 2.02. The van der Waals surface area contributed by atoms with Gasteiger partial charge in [-0.1, -0.05) is 12.1 Å². The maximum absolute atomic E-state index is 6.03. The SMILES string of the molecule is CCc1occc1-c1nc(C(N)C2CC2)no1. The smallest absolute Gasteiger partial charge is 0.261 e. The summed E-state index contributed by atoms with van der Waals surface area (Å²) in [4.78, 5) is 4.36. The van der Waals surface area contributed by atoms with E-state index in [1.54, 1.807) is 6.26 Å². The van der Waals surface area contributed by atoms with Crippen molar-refractivity contribution in [2.24, 2.45) is 11.7 Å². The Kier molecular flexibility index (Phi) is 2.48.